The van der Waals surface area contributed by atoms with Gasteiger partial charge in [0, 0.05) is 30.1 Å². The molecule has 2 bridgehead atoms. The van der Waals surface area contributed by atoms with Crippen molar-refractivity contribution in [3.05, 3.63) is 90.5 Å². The minimum absolute atomic E-state index is 0.208. The van der Waals surface area contributed by atoms with Crippen LogP contribution in [-0.4, -0.2) is 80.9 Å². The van der Waals surface area contributed by atoms with E-state index < -0.39 is 35.6 Å². The van der Waals surface area contributed by atoms with Crippen LogP contribution in [0.15, 0.2) is 73.8 Å². The van der Waals surface area contributed by atoms with Gasteiger partial charge >= 0.3 is 0 Å². The number of aliphatic hydroxyl groups excluding tert-OH is 1. The van der Waals surface area contributed by atoms with E-state index in [9.17, 15) is 19.5 Å². The number of alkyl halides is 1. The van der Waals surface area contributed by atoms with Gasteiger partial charge in [-0.25, -0.2) is 0 Å². The summed E-state index contributed by atoms with van der Waals surface area (Å²) >= 11 is 3.76. The van der Waals surface area contributed by atoms with Crippen LogP contribution in [0.4, 0.5) is 5.69 Å². The van der Waals surface area contributed by atoms with E-state index in [1.165, 1.54) is 4.90 Å². The monoisotopic (exact) mass is 649 g/mol. The van der Waals surface area contributed by atoms with Crippen molar-refractivity contribution in [2.24, 2.45) is 11.8 Å². The van der Waals surface area contributed by atoms with Crippen molar-refractivity contribution in [2.45, 2.75) is 62.4 Å². The molecule has 2 aromatic rings. The molecule has 43 heavy (non-hydrogen) atoms. The van der Waals surface area contributed by atoms with Crippen LogP contribution in [0.2, 0.25) is 0 Å². The molecule has 0 aromatic heterocycles. The third-order valence-electron chi connectivity index (χ3n) is 9.10. The van der Waals surface area contributed by atoms with Crippen LogP contribution in [0, 0.1) is 25.7 Å². The van der Waals surface area contributed by atoms with E-state index in [-0.39, 0.29) is 35.7 Å². The molecule has 5 rings (SSSR count). The van der Waals surface area contributed by atoms with Crippen LogP contribution < -0.4 is 4.90 Å². The molecule has 2 aromatic carbocycles. The standard InChI is InChI=1S/C34H40BrN3O5/c1-6-15-36(19-24-11-9-8-10-12-24)31(40)27-28-32(41)38(23(5)20-39)30(34(28)18-25(35)29(27)43-34)33(42)37(16-7-2)26-17-21(3)13-14-22(26)4/h6-14,17,23,25,27-30,39H,1-2,15-16,18-20H2,3-5H3/t23-,25?,27+,28+,29+,30?,34?/m1/s1. The maximum absolute atomic E-state index is 14.8. The normalized spacial score (nSPS) is 28.0. The van der Waals surface area contributed by atoms with E-state index in [1.54, 1.807) is 28.9 Å². The summed E-state index contributed by atoms with van der Waals surface area (Å²) in [5.41, 5.74) is 2.35. The van der Waals surface area contributed by atoms with Gasteiger partial charge in [0.25, 0.3) is 5.91 Å². The molecule has 228 valence electrons. The Hall–Kier alpha value is -3.27. The summed E-state index contributed by atoms with van der Waals surface area (Å²) in [5.74, 6) is -2.52. The van der Waals surface area contributed by atoms with Gasteiger partial charge in [0.1, 0.15) is 11.6 Å². The molecule has 7 atom stereocenters. The Bertz CT molecular complexity index is 1420. The zero-order valence-electron chi connectivity index (χ0n) is 25.0. The fourth-order valence-electron chi connectivity index (χ4n) is 7.19. The fraction of sp³-hybridized carbons (Fsp3) is 0.441. The van der Waals surface area contributed by atoms with Gasteiger partial charge in [-0.15, -0.1) is 13.2 Å². The molecule has 1 N–H and O–H groups in total. The third-order valence-corrected chi connectivity index (χ3v) is 9.94. The predicted octanol–water partition coefficient (Wildman–Crippen LogP) is 4.17. The van der Waals surface area contributed by atoms with Crippen LogP contribution in [0.5, 0.6) is 0 Å². The summed E-state index contributed by atoms with van der Waals surface area (Å²) in [6.45, 7) is 13.9. The zero-order chi connectivity index (χ0) is 31.1. The molecule has 0 aliphatic carbocycles. The van der Waals surface area contributed by atoms with E-state index in [2.05, 4.69) is 29.1 Å². The molecule has 1 spiro atoms. The topological polar surface area (TPSA) is 90.4 Å². The van der Waals surface area contributed by atoms with Crippen molar-refractivity contribution in [1.82, 2.24) is 9.80 Å². The Kier molecular flexibility index (Phi) is 8.97. The van der Waals surface area contributed by atoms with Crippen LogP contribution in [0.1, 0.15) is 30.0 Å². The number of aliphatic hydroxyl groups is 1. The van der Waals surface area contributed by atoms with Gasteiger partial charge in [0.15, 0.2) is 0 Å². The van der Waals surface area contributed by atoms with Crippen LogP contribution >= 0.6 is 15.9 Å². The second kappa shape index (κ2) is 12.4. The molecular formula is C34H40BrN3O5. The van der Waals surface area contributed by atoms with Crippen molar-refractivity contribution in [3.8, 4) is 0 Å². The van der Waals surface area contributed by atoms with Gasteiger partial charge in [-0.3, -0.25) is 14.4 Å². The lowest BCUT2D eigenvalue weighted by Crippen LogP contribution is -2.59. The van der Waals surface area contributed by atoms with E-state index in [1.807, 2.05) is 62.4 Å². The number of halogens is 1. The predicted molar refractivity (Wildman–Crippen MR) is 170 cm³/mol. The number of anilines is 1. The lowest BCUT2D eigenvalue weighted by atomic mass is 9.70. The zero-order valence-corrected chi connectivity index (χ0v) is 26.6. The largest absolute Gasteiger partial charge is 0.394 e. The summed E-state index contributed by atoms with van der Waals surface area (Å²) in [6, 6.07) is 13.9. The highest BCUT2D eigenvalue weighted by molar-refractivity contribution is 9.09. The number of benzene rings is 2. The van der Waals surface area contributed by atoms with Gasteiger partial charge in [0.2, 0.25) is 11.8 Å². The lowest BCUT2D eigenvalue weighted by Gasteiger charge is -2.39. The van der Waals surface area contributed by atoms with Crippen molar-refractivity contribution in [2.75, 3.05) is 24.6 Å². The number of likely N-dealkylation sites (tertiary alicyclic amines) is 1. The number of amides is 3. The Morgan fingerprint density at radius 3 is 2.49 bits per heavy atom. The minimum Gasteiger partial charge on any atom is -0.394 e. The van der Waals surface area contributed by atoms with E-state index >= 15 is 0 Å². The minimum atomic E-state index is -1.24. The Morgan fingerprint density at radius 1 is 1.14 bits per heavy atom. The molecule has 3 amide bonds. The van der Waals surface area contributed by atoms with Crippen molar-refractivity contribution < 1.29 is 24.2 Å². The summed E-state index contributed by atoms with van der Waals surface area (Å²) in [5, 5.41) is 10.3. The number of carbonyl (C=O) groups is 3. The highest BCUT2D eigenvalue weighted by Gasteiger charge is 2.77. The first-order chi connectivity index (χ1) is 20.6. The Labute approximate surface area is 262 Å². The Morgan fingerprint density at radius 2 is 1.84 bits per heavy atom. The third kappa shape index (κ3) is 5.25. The van der Waals surface area contributed by atoms with Crippen LogP contribution in [-0.2, 0) is 25.7 Å². The quantitative estimate of drug-likeness (QED) is 0.292. The van der Waals surface area contributed by atoms with Gasteiger partial charge in [-0.2, -0.15) is 0 Å². The van der Waals surface area contributed by atoms with Crippen molar-refractivity contribution >= 4 is 39.3 Å². The molecule has 9 heteroatoms. The molecule has 3 aliphatic rings. The number of fused-ring (bicyclic) bond motifs is 1. The smallest absolute Gasteiger partial charge is 0.253 e. The fourth-order valence-corrected chi connectivity index (χ4v) is 8.13. The van der Waals surface area contributed by atoms with E-state index in [0.717, 1.165) is 22.4 Å². The van der Waals surface area contributed by atoms with Crippen LogP contribution in [0.3, 0.4) is 0 Å². The molecule has 0 saturated carbocycles. The summed E-state index contributed by atoms with van der Waals surface area (Å²) in [6.07, 6.45) is 3.14. The number of hydrogen-bond donors (Lipinski definition) is 1. The first-order valence-electron chi connectivity index (χ1n) is 14.8. The molecule has 3 fully saturated rings. The number of carbonyl (C=O) groups excluding carboxylic acids is 3. The van der Waals surface area contributed by atoms with Gasteiger partial charge < -0.3 is 24.5 Å². The summed E-state index contributed by atoms with van der Waals surface area (Å²) in [4.78, 5) is 48.1. The van der Waals surface area contributed by atoms with Crippen LogP contribution in [0.25, 0.3) is 0 Å². The average Bonchev–Trinajstić information content (AvgIpc) is 3.59. The highest BCUT2D eigenvalue weighted by atomic mass is 79.9. The first kappa shape index (κ1) is 31.2. The number of ether oxygens (including phenoxy) is 1. The maximum Gasteiger partial charge on any atom is 0.253 e. The molecule has 8 nitrogen and oxygen atoms in total. The maximum atomic E-state index is 14.8. The molecule has 3 unspecified atom stereocenters. The lowest BCUT2D eigenvalue weighted by molar-refractivity contribution is -0.147. The van der Waals surface area contributed by atoms with Crippen molar-refractivity contribution in [3.63, 3.8) is 0 Å². The number of nitrogens with zero attached hydrogens (tertiary/aromatic N) is 3. The summed E-state index contributed by atoms with van der Waals surface area (Å²) < 4.78 is 6.72. The van der Waals surface area contributed by atoms with E-state index in [0.29, 0.717) is 19.5 Å². The molecular weight excluding hydrogens is 610 g/mol. The molecule has 3 heterocycles. The molecule has 3 saturated heterocycles. The van der Waals surface area contributed by atoms with Gasteiger partial charge in [-0.1, -0.05) is 70.5 Å². The molecule has 3 aliphatic heterocycles. The average molecular weight is 651 g/mol. The van der Waals surface area contributed by atoms with E-state index in [4.69, 9.17) is 4.74 Å². The summed E-state index contributed by atoms with van der Waals surface area (Å²) in [7, 11) is 0. The molecule has 0 radical (unpaired) electrons. The second-order valence-corrected chi connectivity index (χ2v) is 13.1. The number of aryl methyl sites for hydroxylation is 2. The van der Waals surface area contributed by atoms with Gasteiger partial charge in [0.05, 0.1) is 30.6 Å². The Balaban J connectivity index is 1.58. The van der Waals surface area contributed by atoms with Crippen molar-refractivity contribution in [1.29, 1.82) is 0 Å². The highest BCUT2D eigenvalue weighted by Crippen LogP contribution is 2.61. The SMILES string of the molecule is C=CCN(Cc1ccccc1)C(=O)[C@H]1[C@H]2C(=O)N([C@H](C)CO)C(C(=O)N(CC=C)c3cc(C)ccc3C)C23CC(Br)[C@@H]1O3. The first-order valence-corrected chi connectivity index (χ1v) is 15.7. The number of hydrogen-bond acceptors (Lipinski definition) is 5. The second-order valence-electron chi connectivity index (χ2n) is 12.0. The van der Waals surface area contributed by atoms with Gasteiger partial charge in [-0.05, 0) is 49.9 Å². The number of rotatable bonds is 11.